The highest BCUT2D eigenvalue weighted by Gasteiger charge is 2.28. The summed E-state index contributed by atoms with van der Waals surface area (Å²) in [7, 11) is 0. The molecular weight excluding hydrogens is 290 g/mol. The Hall–Kier alpha value is -2.62. The molecule has 1 atom stereocenters. The number of benzene rings is 2. The van der Waals surface area contributed by atoms with Crippen molar-refractivity contribution in [2.24, 2.45) is 5.92 Å². The van der Waals surface area contributed by atoms with Crippen molar-refractivity contribution >= 4 is 11.9 Å². The Morgan fingerprint density at radius 3 is 2.09 bits per heavy atom. The Labute approximate surface area is 135 Å². The molecule has 2 aromatic carbocycles. The molecule has 1 aliphatic heterocycles. The highest BCUT2D eigenvalue weighted by molar-refractivity contribution is 5.83. The standard InChI is InChI=1S/C19H19NO3/c21-18(20-12-15-8-4-5-9-16(15)13-20)11-17(19(22)23)10-14-6-2-1-3-7-14/h1-9,17H,10-13H2,(H,22,23)/t17-/m1/s1. The second-order valence-electron chi connectivity index (χ2n) is 5.95. The van der Waals surface area contributed by atoms with E-state index in [9.17, 15) is 14.7 Å². The second kappa shape index (κ2) is 6.65. The van der Waals surface area contributed by atoms with Gasteiger partial charge in [0.15, 0.2) is 0 Å². The molecule has 23 heavy (non-hydrogen) atoms. The number of rotatable bonds is 5. The average molecular weight is 309 g/mol. The number of amides is 1. The van der Waals surface area contributed by atoms with Crippen molar-refractivity contribution in [1.82, 2.24) is 4.90 Å². The molecule has 4 nitrogen and oxygen atoms in total. The highest BCUT2D eigenvalue weighted by Crippen LogP contribution is 2.24. The van der Waals surface area contributed by atoms with Gasteiger partial charge < -0.3 is 10.0 Å². The zero-order valence-electron chi connectivity index (χ0n) is 12.8. The predicted molar refractivity (Wildman–Crippen MR) is 86.6 cm³/mol. The number of fused-ring (bicyclic) bond motifs is 1. The van der Waals surface area contributed by atoms with Crippen LogP contribution in [0, 0.1) is 5.92 Å². The molecule has 0 fully saturated rings. The van der Waals surface area contributed by atoms with Crippen molar-refractivity contribution in [2.45, 2.75) is 25.9 Å². The molecule has 1 aliphatic rings. The molecule has 0 aromatic heterocycles. The van der Waals surface area contributed by atoms with Crippen molar-refractivity contribution in [2.75, 3.05) is 0 Å². The smallest absolute Gasteiger partial charge is 0.307 e. The van der Waals surface area contributed by atoms with Gasteiger partial charge in [-0.1, -0.05) is 54.6 Å². The Balaban J connectivity index is 1.65. The number of carboxylic acid groups (broad SMARTS) is 1. The van der Waals surface area contributed by atoms with Crippen molar-refractivity contribution in [3.8, 4) is 0 Å². The Kier molecular flexibility index (Phi) is 4.42. The number of aliphatic carboxylic acids is 1. The molecule has 0 saturated heterocycles. The summed E-state index contributed by atoms with van der Waals surface area (Å²) >= 11 is 0. The molecule has 0 bridgehead atoms. The summed E-state index contributed by atoms with van der Waals surface area (Å²) < 4.78 is 0. The Bertz CT molecular complexity index is 687. The van der Waals surface area contributed by atoms with Gasteiger partial charge in [0.2, 0.25) is 5.91 Å². The summed E-state index contributed by atoms with van der Waals surface area (Å²) in [6, 6.07) is 17.4. The molecule has 118 valence electrons. The maximum absolute atomic E-state index is 12.5. The first-order chi connectivity index (χ1) is 11.1. The molecule has 1 amide bonds. The molecule has 2 aromatic rings. The summed E-state index contributed by atoms with van der Waals surface area (Å²) in [6.45, 7) is 1.15. The first-order valence-electron chi connectivity index (χ1n) is 7.75. The SMILES string of the molecule is O=C(O)[C@@H](CC(=O)N1Cc2ccccc2C1)Cc1ccccc1. The van der Waals surface area contributed by atoms with Crippen LogP contribution in [-0.4, -0.2) is 21.9 Å². The lowest BCUT2D eigenvalue weighted by atomic mass is 9.96. The van der Waals surface area contributed by atoms with Crippen LogP contribution in [-0.2, 0) is 29.1 Å². The van der Waals surface area contributed by atoms with Crippen molar-refractivity contribution < 1.29 is 14.7 Å². The summed E-state index contributed by atoms with van der Waals surface area (Å²) in [4.78, 5) is 25.7. The van der Waals surface area contributed by atoms with Crippen LogP contribution >= 0.6 is 0 Å². The van der Waals surface area contributed by atoms with Crippen LogP contribution < -0.4 is 0 Å². The van der Waals surface area contributed by atoms with Gasteiger partial charge in [-0.15, -0.1) is 0 Å². The Morgan fingerprint density at radius 2 is 1.52 bits per heavy atom. The van der Waals surface area contributed by atoms with E-state index in [1.54, 1.807) is 4.90 Å². The molecule has 1 heterocycles. The third-order valence-corrected chi connectivity index (χ3v) is 4.29. The maximum Gasteiger partial charge on any atom is 0.307 e. The normalized spacial score (nSPS) is 14.3. The largest absolute Gasteiger partial charge is 0.481 e. The summed E-state index contributed by atoms with van der Waals surface area (Å²) in [6.07, 6.45) is 0.418. The van der Waals surface area contributed by atoms with Gasteiger partial charge in [-0.25, -0.2) is 0 Å². The minimum Gasteiger partial charge on any atom is -0.481 e. The fraction of sp³-hybridized carbons (Fsp3) is 0.263. The fourth-order valence-electron chi connectivity index (χ4n) is 2.99. The average Bonchev–Trinajstić information content (AvgIpc) is 2.99. The van der Waals surface area contributed by atoms with Gasteiger partial charge in [-0.2, -0.15) is 0 Å². The lowest BCUT2D eigenvalue weighted by molar-refractivity contribution is -0.146. The van der Waals surface area contributed by atoms with Gasteiger partial charge in [-0.3, -0.25) is 9.59 Å². The number of hydrogen-bond acceptors (Lipinski definition) is 2. The quantitative estimate of drug-likeness (QED) is 0.924. The fourth-order valence-corrected chi connectivity index (χ4v) is 2.99. The van der Waals surface area contributed by atoms with Crippen LogP contribution in [0.15, 0.2) is 54.6 Å². The third-order valence-electron chi connectivity index (χ3n) is 4.29. The lowest BCUT2D eigenvalue weighted by Crippen LogP contribution is -2.30. The maximum atomic E-state index is 12.5. The van der Waals surface area contributed by atoms with Crippen LogP contribution in [0.4, 0.5) is 0 Å². The molecule has 1 N–H and O–H groups in total. The monoisotopic (exact) mass is 309 g/mol. The molecule has 0 radical (unpaired) electrons. The number of hydrogen-bond donors (Lipinski definition) is 1. The molecule has 0 aliphatic carbocycles. The molecule has 0 spiro atoms. The lowest BCUT2D eigenvalue weighted by Gasteiger charge is -2.18. The van der Waals surface area contributed by atoms with Crippen LogP contribution in [0.3, 0.4) is 0 Å². The van der Waals surface area contributed by atoms with Crippen LogP contribution in [0.25, 0.3) is 0 Å². The van der Waals surface area contributed by atoms with E-state index in [0.717, 1.165) is 16.7 Å². The van der Waals surface area contributed by atoms with E-state index in [0.29, 0.717) is 19.5 Å². The van der Waals surface area contributed by atoms with E-state index in [-0.39, 0.29) is 12.3 Å². The van der Waals surface area contributed by atoms with E-state index in [1.165, 1.54) is 0 Å². The third kappa shape index (κ3) is 3.59. The van der Waals surface area contributed by atoms with Gasteiger partial charge in [0.25, 0.3) is 0 Å². The van der Waals surface area contributed by atoms with Gasteiger partial charge in [-0.05, 0) is 23.1 Å². The molecule has 4 heteroatoms. The summed E-state index contributed by atoms with van der Waals surface area (Å²) in [5.74, 6) is -1.70. The molecule has 0 unspecified atom stereocenters. The number of nitrogens with zero attached hydrogens (tertiary/aromatic N) is 1. The van der Waals surface area contributed by atoms with E-state index in [4.69, 9.17) is 0 Å². The first-order valence-corrected chi connectivity index (χ1v) is 7.75. The van der Waals surface area contributed by atoms with E-state index >= 15 is 0 Å². The van der Waals surface area contributed by atoms with Crippen molar-refractivity contribution in [1.29, 1.82) is 0 Å². The number of carbonyl (C=O) groups excluding carboxylic acids is 1. The van der Waals surface area contributed by atoms with Gasteiger partial charge in [0.05, 0.1) is 5.92 Å². The zero-order chi connectivity index (χ0) is 16.2. The van der Waals surface area contributed by atoms with Gasteiger partial charge >= 0.3 is 5.97 Å². The predicted octanol–water partition coefficient (Wildman–Crippen LogP) is 2.86. The topological polar surface area (TPSA) is 57.6 Å². The minimum absolute atomic E-state index is 0.0399. The first kappa shape index (κ1) is 15.3. The van der Waals surface area contributed by atoms with Crippen molar-refractivity contribution in [3.63, 3.8) is 0 Å². The second-order valence-corrected chi connectivity index (χ2v) is 5.95. The van der Waals surface area contributed by atoms with Crippen LogP contribution in [0.5, 0.6) is 0 Å². The van der Waals surface area contributed by atoms with E-state index < -0.39 is 11.9 Å². The summed E-state index contributed by atoms with van der Waals surface area (Å²) in [5.41, 5.74) is 3.24. The van der Waals surface area contributed by atoms with Gasteiger partial charge in [0.1, 0.15) is 0 Å². The van der Waals surface area contributed by atoms with E-state index in [1.807, 2.05) is 54.6 Å². The molecule has 3 rings (SSSR count). The number of carboxylic acids is 1. The Morgan fingerprint density at radius 1 is 0.957 bits per heavy atom. The summed E-state index contributed by atoms with van der Waals surface area (Å²) in [5, 5.41) is 9.43. The number of carbonyl (C=O) groups is 2. The molecule has 0 saturated carbocycles. The molecular formula is C19H19NO3. The van der Waals surface area contributed by atoms with Gasteiger partial charge in [0, 0.05) is 19.5 Å². The van der Waals surface area contributed by atoms with Crippen LogP contribution in [0.2, 0.25) is 0 Å². The highest BCUT2D eigenvalue weighted by atomic mass is 16.4. The zero-order valence-corrected chi connectivity index (χ0v) is 12.8. The van der Waals surface area contributed by atoms with Crippen LogP contribution in [0.1, 0.15) is 23.1 Å². The van der Waals surface area contributed by atoms with Crippen molar-refractivity contribution in [3.05, 3.63) is 71.3 Å². The minimum atomic E-state index is -0.918. The van der Waals surface area contributed by atoms with E-state index in [2.05, 4.69) is 0 Å².